The van der Waals surface area contributed by atoms with E-state index in [4.69, 9.17) is 0 Å². The summed E-state index contributed by atoms with van der Waals surface area (Å²) in [4.78, 5) is 0. The Labute approximate surface area is 79.6 Å². The van der Waals surface area contributed by atoms with E-state index in [1.165, 1.54) is 11.3 Å². The van der Waals surface area contributed by atoms with Crippen LogP contribution in [-0.2, 0) is 13.0 Å². The van der Waals surface area contributed by atoms with Crippen molar-refractivity contribution in [2.45, 2.75) is 26.8 Å². The zero-order chi connectivity index (χ0) is 9.84. The Kier molecular flexibility index (Phi) is 3.07. The first kappa shape index (κ1) is 9.78. The van der Waals surface area contributed by atoms with Gasteiger partial charge in [0.1, 0.15) is 0 Å². The number of nitrogens with zero attached hydrogens (tertiary/aromatic N) is 2. The fourth-order valence-electron chi connectivity index (χ4n) is 1.47. The first-order valence-corrected chi connectivity index (χ1v) is 4.45. The number of aryl methyl sites for hydroxylation is 1. The first-order chi connectivity index (χ1) is 6.20. The molecule has 0 atom stereocenters. The van der Waals surface area contributed by atoms with Crippen LogP contribution in [0.25, 0.3) is 0 Å². The van der Waals surface area contributed by atoms with E-state index < -0.39 is 0 Å². The molecule has 0 bridgehead atoms. The molecule has 0 fully saturated rings. The van der Waals surface area contributed by atoms with Gasteiger partial charge in [-0.1, -0.05) is 12.2 Å². The van der Waals surface area contributed by atoms with Gasteiger partial charge in [0.25, 0.3) is 0 Å². The van der Waals surface area contributed by atoms with Gasteiger partial charge in [0.15, 0.2) is 0 Å². The molecular formula is C11H16N2. The van der Waals surface area contributed by atoms with Crippen molar-refractivity contribution in [3.63, 3.8) is 0 Å². The Morgan fingerprint density at radius 2 is 2.00 bits per heavy atom. The second-order valence-electron chi connectivity index (χ2n) is 3.11. The van der Waals surface area contributed by atoms with E-state index in [1.807, 2.05) is 23.8 Å². The van der Waals surface area contributed by atoms with Gasteiger partial charge in [-0.3, -0.25) is 4.68 Å². The molecule has 13 heavy (non-hydrogen) atoms. The fraction of sp³-hybridized carbons (Fsp3) is 0.364. The lowest BCUT2D eigenvalue weighted by Gasteiger charge is -1.99. The molecule has 0 saturated carbocycles. The van der Waals surface area contributed by atoms with E-state index in [-0.39, 0.29) is 0 Å². The molecule has 70 valence electrons. The maximum atomic E-state index is 4.42. The van der Waals surface area contributed by atoms with Gasteiger partial charge in [-0.25, -0.2) is 0 Å². The summed E-state index contributed by atoms with van der Waals surface area (Å²) in [5.41, 5.74) is 3.61. The normalized spacial score (nSPS) is 10.0. The Morgan fingerprint density at radius 3 is 2.54 bits per heavy atom. The van der Waals surface area contributed by atoms with Crippen LogP contribution in [0.5, 0.6) is 0 Å². The number of hydrogen-bond donors (Lipinski definition) is 0. The van der Waals surface area contributed by atoms with Gasteiger partial charge >= 0.3 is 0 Å². The zero-order valence-corrected chi connectivity index (χ0v) is 8.38. The van der Waals surface area contributed by atoms with Gasteiger partial charge in [-0.2, -0.15) is 5.10 Å². The highest BCUT2D eigenvalue weighted by Crippen LogP contribution is 2.13. The van der Waals surface area contributed by atoms with Crippen molar-refractivity contribution < 1.29 is 0 Å². The number of aromatic nitrogens is 2. The standard InChI is InChI=1S/C11H16N2/c1-5-7-11-9(3)12-13(8-6-2)10(11)4/h5-6H,1-2,7-8H2,3-4H3. The van der Waals surface area contributed by atoms with Crippen molar-refractivity contribution in [2.24, 2.45) is 0 Å². The quantitative estimate of drug-likeness (QED) is 0.644. The Morgan fingerprint density at radius 1 is 1.31 bits per heavy atom. The van der Waals surface area contributed by atoms with Crippen molar-refractivity contribution in [1.82, 2.24) is 9.78 Å². The summed E-state index contributed by atoms with van der Waals surface area (Å²) in [7, 11) is 0. The summed E-state index contributed by atoms with van der Waals surface area (Å²) in [6, 6.07) is 0. The number of hydrogen-bond acceptors (Lipinski definition) is 1. The summed E-state index contributed by atoms with van der Waals surface area (Å²) in [5.74, 6) is 0. The SMILES string of the molecule is C=CCc1c(C)nn(CC=C)c1C. The molecule has 2 heteroatoms. The number of allylic oxidation sites excluding steroid dienone is 2. The highest BCUT2D eigenvalue weighted by molar-refractivity contribution is 5.26. The van der Waals surface area contributed by atoms with Crippen molar-refractivity contribution in [3.8, 4) is 0 Å². The molecule has 0 aliphatic heterocycles. The van der Waals surface area contributed by atoms with Crippen molar-refractivity contribution in [2.75, 3.05) is 0 Å². The maximum absolute atomic E-state index is 4.42. The molecule has 1 heterocycles. The average Bonchev–Trinajstić information content (AvgIpc) is 2.34. The minimum atomic E-state index is 0.782. The minimum absolute atomic E-state index is 0.782. The van der Waals surface area contributed by atoms with E-state index in [0.717, 1.165) is 18.7 Å². The summed E-state index contributed by atoms with van der Waals surface area (Å²) in [6.45, 7) is 12.3. The summed E-state index contributed by atoms with van der Waals surface area (Å²) in [6.07, 6.45) is 4.67. The third-order valence-electron chi connectivity index (χ3n) is 2.18. The van der Waals surface area contributed by atoms with E-state index in [2.05, 4.69) is 25.2 Å². The lowest BCUT2D eigenvalue weighted by atomic mass is 10.1. The molecule has 1 rings (SSSR count). The highest BCUT2D eigenvalue weighted by Gasteiger charge is 2.08. The molecular weight excluding hydrogens is 160 g/mol. The predicted octanol–water partition coefficient (Wildman–Crippen LogP) is 2.41. The lowest BCUT2D eigenvalue weighted by Crippen LogP contribution is -2.00. The number of rotatable bonds is 4. The maximum Gasteiger partial charge on any atom is 0.0631 e. The van der Waals surface area contributed by atoms with Gasteiger partial charge in [-0.05, 0) is 25.8 Å². The summed E-state index contributed by atoms with van der Waals surface area (Å²) < 4.78 is 1.97. The van der Waals surface area contributed by atoms with Crippen molar-refractivity contribution >= 4 is 0 Å². The third-order valence-corrected chi connectivity index (χ3v) is 2.18. The van der Waals surface area contributed by atoms with Gasteiger partial charge in [0.05, 0.1) is 12.2 Å². The van der Waals surface area contributed by atoms with Crippen LogP contribution in [0.2, 0.25) is 0 Å². The summed E-state index contributed by atoms with van der Waals surface area (Å²) >= 11 is 0. The van der Waals surface area contributed by atoms with Gasteiger partial charge in [0.2, 0.25) is 0 Å². The minimum Gasteiger partial charge on any atom is -0.266 e. The van der Waals surface area contributed by atoms with E-state index in [0.29, 0.717) is 0 Å². The zero-order valence-electron chi connectivity index (χ0n) is 8.38. The first-order valence-electron chi connectivity index (χ1n) is 4.45. The lowest BCUT2D eigenvalue weighted by molar-refractivity contribution is 0.672. The predicted molar refractivity (Wildman–Crippen MR) is 55.8 cm³/mol. The van der Waals surface area contributed by atoms with Crippen LogP contribution in [0.3, 0.4) is 0 Å². The fourth-order valence-corrected chi connectivity index (χ4v) is 1.47. The van der Waals surface area contributed by atoms with Gasteiger partial charge in [-0.15, -0.1) is 13.2 Å². The molecule has 0 aromatic carbocycles. The summed E-state index contributed by atoms with van der Waals surface area (Å²) in [5, 5.41) is 4.42. The molecule has 0 spiro atoms. The van der Waals surface area contributed by atoms with Crippen LogP contribution >= 0.6 is 0 Å². The van der Waals surface area contributed by atoms with Gasteiger partial charge < -0.3 is 0 Å². The molecule has 0 saturated heterocycles. The molecule has 0 radical (unpaired) electrons. The van der Waals surface area contributed by atoms with Crippen molar-refractivity contribution in [3.05, 3.63) is 42.3 Å². The van der Waals surface area contributed by atoms with Crippen LogP contribution < -0.4 is 0 Å². The van der Waals surface area contributed by atoms with Crippen LogP contribution in [-0.4, -0.2) is 9.78 Å². The van der Waals surface area contributed by atoms with Crippen LogP contribution in [0.1, 0.15) is 17.0 Å². The smallest absolute Gasteiger partial charge is 0.0631 e. The van der Waals surface area contributed by atoms with E-state index in [9.17, 15) is 0 Å². The second kappa shape index (κ2) is 4.08. The Hall–Kier alpha value is -1.31. The van der Waals surface area contributed by atoms with E-state index in [1.54, 1.807) is 0 Å². The average molecular weight is 176 g/mol. The molecule has 0 unspecified atom stereocenters. The Bertz CT molecular complexity index is 321. The van der Waals surface area contributed by atoms with Crippen molar-refractivity contribution in [1.29, 1.82) is 0 Å². The van der Waals surface area contributed by atoms with Crippen LogP contribution in [0, 0.1) is 13.8 Å². The third kappa shape index (κ3) is 1.89. The van der Waals surface area contributed by atoms with E-state index >= 15 is 0 Å². The largest absolute Gasteiger partial charge is 0.266 e. The van der Waals surface area contributed by atoms with Crippen LogP contribution in [0.4, 0.5) is 0 Å². The molecule has 0 amide bonds. The second-order valence-corrected chi connectivity index (χ2v) is 3.11. The molecule has 0 aliphatic rings. The molecule has 1 aromatic heterocycles. The highest BCUT2D eigenvalue weighted by atomic mass is 15.3. The van der Waals surface area contributed by atoms with Crippen LogP contribution in [0.15, 0.2) is 25.3 Å². The van der Waals surface area contributed by atoms with Gasteiger partial charge in [0, 0.05) is 5.69 Å². The topological polar surface area (TPSA) is 17.8 Å². The molecule has 0 aliphatic carbocycles. The molecule has 1 aromatic rings. The molecule has 2 nitrogen and oxygen atoms in total. The monoisotopic (exact) mass is 176 g/mol. The molecule has 0 N–H and O–H groups in total. The Balaban J connectivity index is 3.05.